The summed E-state index contributed by atoms with van der Waals surface area (Å²) < 4.78 is 0.359. The normalized spacial score (nSPS) is 10.4. The number of hydrogen-bond donors (Lipinski definition) is 3. The van der Waals surface area contributed by atoms with E-state index in [2.05, 4.69) is 41.7 Å². The van der Waals surface area contributed by atoms with Crippen molar-refractivity contribution in [1.82, 2.24) is 20.5 Å². The van der Waals surface area contributed by atoms with Gasteiger partial charge < -0.3 is 15.5 Å². The first-order valence-corrected chi connectivity index (χ1v) is 9.83. The predicted octanol–water partition coefficient (Wildman–Crippen LogP) is 3.34. The van der Waals surface area contributed by atoms with Crippen molar-refractivity contribution >= 4 is 50.9 Å². The maximum absolute atomic E-state index is 12.4. The summed E-state index contributed by atoms with van der Waals surface area (Å²) in [6, 6.07) is 10.5. The lowest BCUT2D eigenvalue weighted by molar-refractivity contribution is 0.0948. The van der Waals surface area contributed by atoms with Crippen LogP contribution in [0.4, 0.5) is 11.5 Å². The first-order chi connectivity index (χ1) is 14.0. The maximum atomic E-state index is 12.4. The monoisotopic (exact) mass is 476 g/mol. The molecule has 0 bridgehead atoms. The number of H-pyrrole nitrogens is 1. The third-order valence-corrected chi connectivity index (χ3v) is 5.22. The molecule has 8 nitrogen and oxygen atoms in total. The van der Waals surface area contributed by atoms with E-state index in [0.717, 1.165) is 5.69 Å². The fourth-order valence-electron chi connectivity index (χ4n) is 2.54. The highest BCUT2D eigenvalue weighted by molar-refractivity contribution is 9.10. The largest absolute Gasteiger partial charge is 0.373 e. The van der Waals surface area contributed by atoms with Crippen molar-refractivity contribution in [2.24, 2.45) is 0 Å². The molecule has 0 aliphatic heterocycles. The Balaban J connectivity index is 1.58. The molecule has 0 saturated heterocycles. The number of carbonyl (C=O) groups is 2. The number of anilines is 2. The van der Waals surface area contributed by atoms with Crippen molar-refractivity contribution in [2.45, 2.75) is 0 Å². The number of amides is 2. The summed E-state index contributed by atoms with van der Waals surface area (Å²) in [6.45, 7) is 1.03. The second kappa shape index (κ2) is 9.53. The molecule has 3 N–H and O–H groups in total. The fourth-order valence-corrected chi connectivity index (χ4v) is 3.21. The summed E-state index contributed by atoms with van der Waals surface area (Å²) in [5.74, 6) is -0.562. The molecule has 0 saturated carbocycles. The zero-order valence-corrected chi connectivity index (χ0v) is 17.8. The molecule has 3 aromatic rings. The molecule has 0 spiro atoms. The Bertz CT molecular complexity index is 1010. The Labute approximate surface area is 180 Å². The summed E-state index contributed by atoms with van der Waals surface area (Å²) >= 11 is 9.34. The molecule has 10 heteroatoms. The van der Waals surface area contributed by atoms with Crippen molar-refractivity contribution in [2.75, 3.05) is 30.4 Å². The van der Waals surface area contributed by atoms with E-state index in [9.17, 15) is 9.59 Å². The molecule has 0 unspecified atom stereocenters. The van der Waals surface area contributed by atoms with Crippen LogP contribution in [0.1, 0.15) is 20.8 Å². The van der Waals surface area contributed by atoms with Crippen molar-refractivity contribution in [3.63, 3.8) is 0 Å². The van der Waals surface area contributed by atoms with Crippen LogP contribution in [0.25, 0.3) is 0 Å². The number of nitrogens with zero attached hydrogens (tertiary/aromatic N) is 3. The zero-order chi connectivity index (χ0) is 20.8. The third kappa shape index (κ3) is 5.12. The van der Waals surface area contributed by atoms with Crippen LogP contribution >= 0.6 is 27.5 Å². The van der Waals surface area contributed by atoms with E-state index in [4.69, 9.17) is 11.6 Å². The van der Waals surface area contributed by atoms with Gasteiger partial charge in [-0.2, -0.15) is 5.10 Å². The standard InChI is InChI=1S/C19H18BrClN6O2/c1-27(12-6-8-22-9-7-12)11-10-23-19(29)16-15(20)17(26-25-16)24-18(28)13-4-2-3-5-14(13)21/h2-9H,10-11H2,1H3,(H,23,29)(H2,24,25,26,28). The lowest BCUT2D eigenvalue weighted by atomic mass is 10.2. The Morgan fingerprint density at radius 1 is 1.17 bits per heavy atom. The number of aromatic nitrogens is 3. The van der Waals surface area contributed by atoms with Gasteiger partial charge in [-0.1, -0.05) is 23.7 Å². The van der Waals surface area contributed by atoms with Gasteiger partial charge in [-0.3, -0.25) is 19.7 Å². The van der Waals surface area contributed by atoms with Gasteiger partial charge in [0.25, 0.3) is 11.8 Å². The van der Waals surface area contributed by atoms with Gasteiger partial charge in [0.2, 0.25) is 0 Å². The van der Waals surface area contributed by atoms with Crippen LogP contribution < -0.4 is 15.5 Å². The summed E-state index contributed by atoms with van der Waals surface area (Å²) in [5, 5.41) is 12.4. The summed E-state index contributed by atoms with van der Waals surface area (Å²) in [7, 11) is 1.93. The Kier molecular flexibility index (Phi) is 6.84. The van der Waals surface area contributed by atoms with Crippen LogP contribution in [0.15, 0.2) is 53.3 Å². The minimum Gasteiger partial charge on any atom is -0.373 e. The molecule has 0 aliphatic carbocycles. The SMILES string of the molecule is CN(CCNC(=O)c1[nH]nc(NC(=O)c2ccccc2Cl)c1Br)c1ccncc1. The molecule has 0 aliphatic rings. The van der Waals surface area contributed by atoms with Crippen LogP contribution in [0, 0.1) is 0 Å². The number of rotatable bonds is 7. The smallest absolute Gasteiger partial charge is 0.270 e. The van der Waals surface area contributed by atoms with Crippen LogP contribution in [0.3, 0.4) is 0 Å². The van der Waals surface area contributed by atoms with E-state index >= 15 is 0 Å². The van der Waals surface area contributed by atoms with E-state index in [1.807, 2.05) is 24.1 Å². The van der Waals surface area contributed by atoms with Crippen molar-refractivity contribution in [1.29, 1.82) is 0 Å². The van der Waals surface area contributed by atoms with E-state index in [-0.39, 0.29) is 17.4 Å². The maximum Gasteiger partial charge on any atom is 0.270 e. The number of pyridine rings is 1. The average molecular weight is 478 g/mol. The Morgan fingerprint density at radius 2 is 1.90 bits per heavy atom. The molecule has 1 aromatic carbocycles. The number of aromatic amines is 1. The quantitative estimate of drug-likeness (QED) is 0.484. The van der Waals surface area contributed by atoms with Gasteiger partial charge >= 0.3 is 0 Å². The van der Waals surface area contributed by atoms with Crippen LogP contribution in [-0.2, 0) is 0 Å². The van der Waals surface area contributed by atoms with Crippen LogP contribution in [-0.4, -0.2) is 47.1 Å². The number of carbonyl (C=O) groups excluding carboxylic acids is 2. The van der Waals surface area contributed by atoms with Gasteiger partial charge in [0.1, 0.15) is 5.69 Å². The van der Waals surface area contributed by atoms with Gasteiger partial charge in [-0.25, -0.2) is 0 Å². The minimum absolute atomic E-state index is 0.203. The number of likely N-dealkylation sites (N-methyl/N-ethyl adjacent to an activating group) is 1. The molecule has 0 atom stereocenters. The lowest BCUT2D eigenvalue weighted by Gasteiger charge is -2.19. The van der Waals surface area contributed by atoms with E-state index in [1.54, 1.807) is 36.7 Å². The highest BCUT2D eigenvalue weighted by atomic mass is 79.9. The summed E-state index contributed by atoms with van der Waals surface area (Å²) in [5.41, 5.74) is 1.53. The number of benzene rings is 1. The molecule has 29 heavy (non-hydrogen) atoms. The minimum atomic E-state index is -0.422. The Hall–Kier alpha value is -2.91. The second-order valence-electron chi connectivity index (χ2n) is 6.08. The van der Waals surface area contributed by atoms with Gasteiger partial charge in [0.05, 0.1) is 15.1 Å². The number of hydrogen-bond acceptors (Lipinski definition) is 5. The molecule has 150 valence electrons. The highest BCUT2D eigenvalue weighted by Crippen LogP contribution is 2.25. The van der Waals surface area contributed by atoms with Gasteiger partial charge in [-0.05, 0) is 40.2 Å². The van der Waals surface area contributed by atoms with Crippen molar-refractivity contribution < 1.29 is 9.59 Å². The average Bonchev–Trinajstić information content (AvgIpc) is 3.09. The molecular weight excluding hydrogens is 460 g/mol. The number of nitrogens with one attached hydrogen (secondary N) is 3. The highest BCUT2D eigenvalue weighted by Gasteiger charge is 2.20. The molecular formula is C19H18BrClN6O2. The first kappa shape index (κ1) is 20.8. The molecule has 2 heterocycles. The predicted molar refractivity (Wildman–Crippen MR) is 116 cm³/mol. The van der Waals surface area contributed by atoms with Gasteiger partial charge in [-0.15, -0.1) is 0 Å². The van der Waals surface area contributed by atoms with Crippen LogP contribution in [0.2, 0.25) is 5.02 Å². The third-order valence-electron chi connectivity index (χ3n) is 4.12. The topological polar surface area (TPSA) is 103 Å². The van der Waals surface area contributed by atoms with Crippen LogP contribution in [0.5, 0.6) is 0 Å². The molecule has 0 radical (unpaired) electrons. The molecule has 2 amide bonds. The summed E-state index contributed by atoms with van der Waals surface area (Å²) in [4.78, 5) is 30.8. The zero-order valence-electron chi connectivity index (χ0n) is 15.4. The van der Waals surface area contributed by atoms with Crippen molar-refractivity contribution in [3.05, 3.63) is 69.5 Å². The summed E-state index contributed by atoms with van der Waals surface area (Å²) in [6.07, 6.45) is 3.43. The second-order valence-corrected chi connectivity index (χ2v) is 7.28. The molecule has 3 rings (SSSR count). The van der Waals surface area contributed by atoms with Crippen molar-refractivity contribution in [3.8, 4) is 0 Å². The van der Waals surface area contributed by atoms with E-state index in [0.29, 0.717) is 28.1 Å². The van der Waals surface area contributed by atoms with E-state index < -0.39 is 5.91 Å². The van der Waals surface area contributed by atoms with E-state index in [1.165, 1.54) is 0 Å². The fraction of sp³-hybridized carbons (Fsp3) is 0.158. The molecule has 2 aromatic heterocycles. The lowest BCUT2D eigenvalue weighted by Crippen LogP contribution is -2.33. The van der Waals surface area contributed by atoms with Gasteiger partial charge in [0.15, 0.2) is 5.82 Å². The first-order valence-electron chi connectivity index (χ1n) is 8.66. The molecule has 0 fully saturated rings. The Morgan fingerprint density at radius 3 is 2.62 bits per heavy atom. The number of halogens is 2. The van der Waals surface area contributed by atoms with Gasteiger partial charge in [0, 0.05) is 38.2 Å².